The molecule has 0 saturated heterocycles. The Morgan fingerprint density at radius 3 is 2.75 bits per heavy atom. The van der Waals surface area contributed by atoms with Crippen molar-refractivity contribution in [2.45, 2.75) is 9.79 Å². The number of para-hydroxylation sites is 1. The number of rotatable bonds is 1. The Hall–Kier alpha value is -2.27. The zero-order chi connectivity index (χ0) is 14.1. The molecule has 1 aliphatic rings. The van der Waals surface area contributed by atoms with Gasteiger partial charge in [0.05, 0.1) is 23.9 Å². The molecule has 0 unspecified atom stereocenters. The van der Waals surface area contributed by atoms with Crippen molar-refractivity contribution in [3.8, 4) is 0 Å². The highest BCUT2D eigenvalue weighted by Gasteiger charge is 2.21. The number of esters is 1. The van der Waals surface area contributed by atoms with Crippen molar-refractivity contribution in [1.29, 1.82) is 0 Å². The van der Waals surface area contributed by atoms with Gasteiger partial charge in [0.1, 0.15) is 0 Å². The number of hydrogen-bond donors (Lipinski definition) is 1. The summed E-state index contributed by atoms with van der Waals surface area (Å²) in [4.78, 5) is 25.5. The normalized spacial score (nSPS) is 12.8. The first-order chi connectivity index (χ1) is 9.69. The van der Waals surface area contributed by atoms with Gasteiger partial charge in [-0.3, -0.25) is 4.79 Å². The maximum absolute atomic E-state index is 12.2. The largest absolute Gasteiger partial charge is 0.465 e. The number of hydrogen-bond acceptors (Lipinski definition) is 4. The van der Waals surface area contributed by atoms with E-state index in [1.165, 1.54) is 18.9 Å². The van der Waals surface area contributed by atoms with Crippen molar-refractivity contribution in [2.24, 2.45) is 0 Å². The quantitative estimate of drug-likeness (QED) is 0.818. The fraction of sp³-hybridized carbons (Fsp3) is 0.0667. The molecule has 5 heteroatoms. The van der Waals surface area contributed by atoms with Gasteiger partial charge in [-0.2, -0.15) is 0 Å². The van der Waals surface area contributed by atoms with E-state index in [0.717, 1.165) is 15.5 Å². The monoisotopic (exact) mass is 285 g/mol. The average Bonchev–Trinajstić information content (AvgIpc) is 2.61. The van der Waals surface area contributed by atoms with E-state index in [2.05, 4.69) is 5.32 Å². The van der Waals surface area contributed by atoms with Gasteiger partial charge in [-0.05, 0) is 30.3 Å². The molecule has 0 aliphatic carbocycles. The van der Waals surface area contributed by atoms with Crippen LogP contribution in [0.2, 0.25) is 0 Å². The van der Waals surface area contributed by atoms with Gasteiger partial charge >= 0.3 is 5.97 Å². The number of nitrogens with one attached hydrogen (secondary N) is 1. The van der Waals surface area contributed by atoms with Crippen LogP contribution in [0.1, 0.15) is 20.7 Å². The molecule has 20 heavy (non-hydrogen) atoms. The molecule has 2 aromatic carbocycles. The predicted octanol–water partition coefficient (Wildman–Crippen LogP) is 3.19. The first-order valence-corrected chi connectivity index (χ1v) is 6.81. The predicted molar refractivity (Wildman–Crippen MR) is 76.3 cm³/mol. The third-order valence-corrected chi connectivity index (χ3v) is 4.14. The Morgan fingerprint density at radius 2 is 1.95 bits per heavy atom. The van der Waals surface area contributed by atoms with E-state index in [1.807, 2.05) is 24.3 Å². The van der Waals surface area contributed by atoms with E-state index in [1.54, 1.807) is 18.2 Å². The van der Waals surface area contributed by atoms with Gasteiger partial charge in [-0.25, -0.2) is 4.79 Å². The van der Waals surface area contributed by atoms with E-state index in [-0.39, 0.29) is 5.91 Å². The molecule has 1 amide bonds. The molecular formula is C15H11NO3S. The van der Waals surface area contributed by atoms with Gasteiger partial charge in [-0.1, -0.05) is 23.9 Å². The summed E-state index contributed by atoms with van der Waals surface area (Å²) in [5, 5.41) is 2.87. The van der Waals surface area contributed by atoms with Crippen molar-refractivity contribution < 1.29 is 14.3 Å². The first kappa shape index (κ1) is 12.7. The maximum atomic E-state index is 12.2. The zero-order valence-electron chi connectivity index (χ0n) is 10.7. The Bertz CT molecular complexity index is 712. The van der Waals surface area contributed by atoms with Crippen LogP contribution in [0, 0.1) is 0 Å². The number of fused-ring (bicyclic) bond motifs is 2. The van der Waals surface area contributed by atoms with Crippen molar-refractivity contribution in [3.63, 3.8) is 0 Å². The van der Waals surface area contributed by atoms with Crippen molar-refractivity contribution in [1.82, 2.24) is 0 Å². The van der Waals surface area contributed by atoms with Crippen molar-refractivity contribution in [2.75, 3.05) is 12.4 Å². The summed E-state index contributed by atoms with van der Waals surface area (Å²) in [7, 11) is 1.34. The summed E-state index contributed by atoms with van der Waals surface area (Å²) in [6.07, 6.45) is 0. The number of amides is 1. The molecule has 0 fully saturated rings. The summed E-state index contributed by atoms with van der Waals surface area (Å²) >= 11 is 1.46. The molecule has 3 rings (SSSR count). The molecule has 2 aromatic rings. The maximum Gasteiger partial charge on any atom is 0.337 e. The third kappa shape index (κ3) is 2.16. The molecule has 0 aromatic heterocycles. The van der Waals surface area contributed by atoms with Crippen molar-refractivity contribution in [3.05, 3.63) is 53.6 Å². The Labute approximate surface area is 120 Å². The fourth-order valence-corrected chi connectivity index (χ4v) is 3.08. The fourth-order valence-electron chi connectivity index (χ4n) is 2.01. The van der Waals surface area contributed by atoms with Crippen molar-refractivity contribution >= 4 is 29.3 Å². The molecule has 100 valence electrons. The lowest BCUT2D eigenvalue weighted by Gasteiger charge is -2.06. The number of carbonyl (C=O) groups excluding carboxylic acids is 2. The van der Waals surface area contributed by atoms with Crippen LogP contribution in [-0.2, 0) is 4.74 Å². The second-order valence-corrected chi connectivity index (χ2v) is 5.34. The molecule has 0 bridgehead atoms. The lowest BCUT2D eigenvalue weighted by atomic mass is 10.1. The highest BCUT2D eigenvalue weighted by molar-refractivity contribution is 7.99. The van der Waals surface area contributed by atoms with E-state index >= 15 is 0 Å². The molecule has 1 aliphatic heterocycles. The van der Waals surface area contributed by atoms with Crippen LogP contribution >= 0.6 is 11.8 Å². The van der Waals surface area contributed by atoms with E-state index < -0.39 is 5.97 Å². The minimum Gasteiger partial charge on any atom is -0.465 e. The summed E-state index contributed by atoms with van der Waals surface area (Å²) < 4.78 is 4.71. The van der Waals surface area contributed by atoms with Crippen LogP contribution in [0.25, 0.3) is 0 Å². The van der Waals surface area contributed by atoms with Crippen LogP contribution in [0.5, 0.6) is 0 Å². The molecule has 0 radical (unpaired) electrons. The van der Waals surface area contributed by atoms with E-state index in [4.69, 9.17) is 4.74 Å². The molecule has 1 heterocycles. The van der Waals surface area contributed by atoms with Gasteiger partial charge in [-0.15, -0.1) is 0 Å². The van der Waals surface area contributed by atoms with Crippen LogP contribution in [0.15, 0.2) is 52.3 Å². The molecule has 1 N–H and O–H groups in total. The lowest BCUT2D eigenvalue weighted by Crippen LogP contribution is -2.12. The van der Waals surface area contributed by atoms with Gasteiger partial charge in [0.25, 0.3) is 5.91 Å². The van der Waals surface area contributed by atoms with Gasteiger partial charge in [0.2, 0.25) is 0 Å². The lowest BCUT2D eigenvalue weighted by molar-refractivity contribution is 0.0600. The molecular weight excluding hydrogens is 274 g/mol. The van der Waals surface area contributed by atoms with E-state index in [9.17, 15) is 9.59 Å². The summed E-state index contributed by atoms with van der Waals surface area (Å²) in [5.41, 5.74) is 1.77. The highest BCUT2D eigenvalue weighted by atomic mass is 32.2. The molecule has 4 nitrogen and oxygen atoms in total. The molecule has 0 atom stereocenters. The van der Waals surface area contributed by atoms with E-state index in [0.29, 0.717) is 11.1 Å². The second kappa shape index (κ2) is 5.02. The topological polar surface area (TPSA) is 55.4 Å². The number of methoxy groups -OCH3 is 1. The van der Waals surface area contributed by atoms with Crippen LogP contribution in [0.3, 0.4) is 0 Å². The number of benzene rings is 2. The second-order valence-electron chi connectivity index (χ2n) is 4.25. The minimum atomic E-state index is -0.411. The van der Waals surface area contributed by atoms with Crippen LogP contribution in [-0.4, -0.2) is 19.0 Å². The van der Waals surface area contributed by atoms with Crippen LogP contribution in [0.4, 0.5) is 5.69 Å². The summed E-state index contributed by atoms with van der Waals surface area (Å²) in [6.45, 7) is 0. The third-order valence-electron chi connectivity index (χ3n) is 3.00. The minimum absolute atomic E-state index is 0.172. The number of anilines is 1. The molecule has 0 saturated carbocycles. The first-order valence-electron chi connectivity index (χ1n) is 5.99. The summed E-state index contributed by atoms with van der Waals surface area (Å²) in [5.74, 6) is -0.583. The van der Waals surface area contributed by atoms with Gasteiger partial charge in [0.15, 0.2) is 0 Å². The average molecular weight is 285 g/mol. The Morgan fingerprint density at radius 1 is 1.15 bits per heavy atom. The Balaban J connectivity index is 2.11. The Kier molecular flexibility index (Phi) is 3.20. The zero-order valence-corrected chi connectivity index (χ0v) is 11.5. The van der Waals surface area contributed by atoms with Crippen LogP contribution < -0.4 is 5.32 Å². The number of ether oxygens (including phenoxy) is 1. The van der Waals surface area contributed by atoms with Gasteiger partial charge < -0.3 is 10.1 Å². The molecule has 0 spiro atoms. The van der Waals surface area contributed by atoms with Gasteiger partial charge in [0, 0.05) is 9.79 Å². The SMILES string of the molecule is COC(=O)c1ccc2c(c1)Sc1ccccc1NC2=O. The smallest absolute Gasteiger partial charge is 0.337 e. The number of carbonyl (C=O) groups is 2. The standard InChI is InChI=1S/C15H11NO3S/c1-19-15(18)9-6-7-10-13(8-9)20-12-5-3-2-4-11(12)16-14(10)17/h2-8H,1H3,(H,16,17). The summed E-state index contributed by atoms with van der Waals surface area (Å²) in [6, 6.07) is 12.5. The highest BCUT2D eigenvalue weighted by Crippen LogP contribution is 2.38.